The highest BCUT2D eigenvalue weighted by atomic mass is 16.5. The average Bonchev–Trinajstić information content (AvgIpc) is 2.68. The second kappa shape index (κ2) is 7.76. The van der Waals surface area contributed by atoms with Crippen molar-refractivity contribution in [2.45, 2.75) is 81.8 Å². The van der Waals surface area contributed by atoms with Gasteiger partial charge in [0, 0.05) is 6.04 Å². The summed E-state index contributed by atoms with van der Waals surface area (Å²) in [5, 5.41) is 15.3. The molecule has 30 heavy (non-hydrogen) atoms. The smallest absolute Gasteiger partial charge is 0.335 e. The molecule has 2 aliphatic heterocycles. The van der Waals surface area contributed by atoms with Gasteiger partial charge < -0.3 is 25.2 Å². The molecule has 162 valence electrons. The third kappa shape index (κ3) is 4.13. The number of amides is 2. The Hall–Kier alpha value is -2.28. The maximum Gasteiger partial charge on any atom is 0.335 e. The first kappa shape index (κ1) is 19.7. The number of rotatable bonds is 5. The number of benzene rings is 1. The van der Waals surface area contributed by atoms with Crippen LogP contribution < -0.4 is 15.4 Å². The molecule has 1 aromatic rings. The number of carbonyl (C=O) groups excluding carboxylic acids is 1. The van der Waals surface area contributed by atoms with Gasteiger partial charge in [0.05, 0.1) is 17.8 Å². The summed E-state index contributed by atoms with van der Waals surface area (Å²) in [5.41, 5.74) is -0.189. The predicted octanol–water partition coefficient (Wildman–Crippen LogP) is 3.68. The normalized spacial score (nSPS) is 36.9. The summed E-state index contributed by atoms with van der Waals surface area (Å²) < 4.78 is 12.2. The van der Waals surface area contributed by atoms with Gasteiger partial charge in [0.25, 0.3) is 0 Å². The van der Waals surface area contributed by atoms with E-state index in [0.717, 1.165) is 51.4 Å². The molecule has 7 heteroatoms. The van der Waals surface area contributed by atoms with Crippen molar-refractivity contribution < 1.29 is 24.2 Å². The van der Waals surface area contributed by atoms with Gasteiger partial charge in [-0.2, -0.15) is 0 Å². The molecule has 3 saturated carbocycles. The topological polar surface area (TPSA) is 96.9 Å². The minimum atomic E-state index is -0.939. The van der Waals surface area contributed by atoms with Crippen LogP contribution in [-0.2, 0) is 4.74 Å². The fourth-order valence-electron chi connectivity index (χ4n) is 6.12. The lowest BCUT2D eigenvalue weighted by Gasteiger charge is -2.56. The fraction of sp³-hybridized carbons (Fsp3) is 0.652. The number of hydrogen-bond acceptors (Lipinski definition) is 4. The quantitative estimate of drug-likeness (QED) is 0.683. The third-order valence-electron chi connectivity index (χ3n) is 7.24. The van der Waals surface area contributed by atoms with E-state index < -0.39 is 11.7 Å². The molecule has 0 aromatic heterocycles. The van der Waals surface area contributed by atoms with E-state index >= 15 is 0 Å². The first-order valence-corrected chi connectivity index (χ1v) is 11.2. The lowest BCUT2D eigenvalue weighted by atomic mass is 9.65. The molecule has 0 radical (unpaired) electrons. The van der Waals surface area contributed by atoms with Crippen LogP contribution in [0.5, 0.6) is 5.75 Å². The summed E-state index contributed by atoms with van der Waals surface area (Å²) >= 11 is 0. The highest BCUT2D eigenvalue weighted by Gasteiger charge is 2.52. The van der Waals surface area contributed by atoms with Crippen LogP contribution in [0.15, 0.2) is 24.3 Å². The van der Waals surface area contributed by atoms with Gasteiger partial charge in [-0.3, -0.25) is 0 Å². The summed E-state index contributed by atoms with van der Waals surface area (Å²) in [4.78, 5) is 23.6. The van der Waals surface area contributed by atoms with Gasteiger partial charge in [0.15, 0.2) is 0 Å². The first-order chi connectivity index (χ1) is 14.5. The Morgan fingerprint density at radius 2 is 1.67 bits per heavy atom. The van der Waals surface area contributed by atoms with Crippen LogP contribution in [0.3, 0.4) is 0 Å². The highest BCUT2D eigenvalue weighted by Crippen LogP contribution is 2.51. The molecule has 3 N–H and O–H groups in total. The van der Waals surface area contributed by atoms with Crippen molar-refractivity contribution in [1.29, 1.82) is 0 Å². The van der Waals surface area contributed by atoms with Crippen LogP contribution in [0.25, 0.3) is 0 Å². The molecule has 5 fully saturated rings. The predicted molar refractivity (Wildman–Crippen MR) is 109 cm³/mol. The monoisotopic (exact) mass is 414 g/mol. The van der Waals surface area contributed by atoms with Crippen molar-refractivity contribution >= 4 is 12.0 Å². The second-order valence-electron chi connectivity index (χ2n) is 9.60. The minimum absolute atomic E-state index is 0.0910. The molecular weight excluding hydrogens is 384 g/mol. The summed E-state index contributed by atoms with van der Waals surface area (Å²) in [7, 11) is 0. The summed E-state index contributed by atoms with van der Waals surface area (Å²) in [5.74, 6) is 1.15. The standard InChI is InChI=1S/C23H30N2O5/c26-21(27)16-1-5-18(6-2-16)29-19-7-3-17(4-8-19)24-22(28)25-23-12-14-9-15(13-23)11-20(10-14)30-23/h1-2,5-6,14-15,17,19-20H,3-4,7-13H2,(H,26,27)(H2,24,25,28)/t14?,15?,17-,19-,20?,23?. The maximum atomic E-state index is 12.7. The molecule has 1 aromatic carbocycles. The van der Waals surface area contributed by atoms with Crippen LogP contribution in [-0.4, -0.2) is 41.1 Å². The first-order valence-electron chi connectivity index (χ1n) is 11.2. The lowest BCUT2D eigenvalue weighted by molar-refractivity contribution is -0.228. The Morgan fingerprint density at radius 3 is 2.27 bits per heavy atom. The Bertz CT molecular complexity index is 765. The summed E-state index contributed by atoms with van der Waals surface area (Å²) in [6.45, 7) is 0. The Balaban J connectivity index is 1.08. The van der Waals surface area contributed by atoms with Gasteiger partial charge in [0.1, 0.15) is 11.5 Å². The largest absolute Gasteiger partial charge is 0.490 e. The molecule has 3 aliphatic carbocycles. The SMILES string of the molecule is O=C(NC12CC3CC(CC(C3)O1)C2)N[C@H]1CC[C@H](Oc2ccc(C(=O)O)cc2)CC1. The third-order valence-corrected chi connectivity index (χ3v) is 7.24. The van der Waals surface area contributed by atoms with Crippen LogP contribution in [0.2, 0.25) is 0 Å². The maximum absolute atomic E-state index is 12.7. The van der Waals surface area contributed by atoms with Crippen LogP contribution in [0.1, 0.15) is 68.1 Å². The summed E-state index contributed by atoms with van der Waals surface area (Å²) in [6.07, 6.45) is 9.40. The molecule has 2 heterocycles. The van der Waals surface area contributed by atoms with Crippen LogP contribution >= 0.6 is 0 Å². The van der Waals surface area contributed by atoms with Crippen molar-refractivity contribution in [2.24, 2.45) is 11.8 Å². The fourth-order valence-corrected chi connectivity index (χ4v) is 6.12. The molecule has 6 rings (SSSR count). The zero-order valence-electron chi connectivity index (χ0n) is 17.1. The molecule has 2 amide bonds. The van der Waals surface area contributed by atoms with Gasteiger partial charge in [-0.25, -0.2) is 9.59 Å². The second-order valence-corrected chi connectivity index (χ2v) is 9.60. The molecular formula is C23H30N2O5. The lowest BCUT2D eigenvalue weighted by Crippen LogP contribution is -2.65. The van der Waals surface area contributed by atoms with Gasteiger partial charge in [-0.1, -0.05) is 0 Å². The van der Waals surface area contributed by atoms with Crippen LogP contribution in [0, 0.1) is 11.8 Å². The van der Waals surface area contributed by atoms with Gasteiger partial charge in [-0.05, 0) is 93.9 Å². The van der Waals surface area contributed by atoms with E-state index in [1.54, 1.807) is 24.3 Å². The van der Waals surface area contributed by atoms with E-state index in [0.29, 0.717) is 23.7 Å². The van der Waals surface area contributed by atoms with Crippen molar-refractivity contribution in [2.75, 3.05) is 0 Å². The number of carbonyl (C=O) groups is 2. The number of nitrogens with one attached hydrogen (secondary N) is 2. The van der Waals surface area contributed by atoms with Crippen molar-refractivity contribution in [1.82, 2.24) is 10.6 Å². The molecule has 5 aliphatic rings. The zero-order valence-corrected chi connectivity index (χ0v) is 17.1. The number of carboxylic acids is 1. The highest BCUT2D eigenvalue weighted by molar-refractivity contribution is 5.87. The zero-order chi connectivity index (χ0) is 20.7. The number of aromatic carboxylic acids is 1. The Labute approximate surface area is 176 Å². The molecule has 2 atom stereocenters. The number of carboxylic acid groups (broad SMARTS) is 1. The molecule has 0 spiro atoms. The minimum Gasteiger partial charge on any atom is -0.490 e. The summed E-state index contributed by atoms with van der Waals surface area (Å²) in [6, 6.07) is 6.56. The van der Waals surface area contributed by atoms with E-state index in [4.69, 9.17) is 14.6 Å². The number of urea groups is 1. The molecule has 2 unspecified atom stereocenters. The van der Waals surface area contributed by atoms with E-state index in [1.807, 2.05) is 0 Å². The van der Waals surface area contributed by atoms with E-state index in [-0.39, 0.29) is 23.7 Å². The molecule has 2 saturated heterocycles. The van der Waals surface area contributed by atoms with Gasteiger partial charge >= 0.3 is 12.0 Å². The molecule has 4 bridgehead atoms. The number of hydrogen-bond donors (Lipinski definition) is 3. The Kier molecular flexibility index (Phi) is 5.09. The Morgan fingerprint density at radius 1 is 1.00 bits per heavy atom. The van der Waals surface area contributed by atoms with Gasteiger partial charge in [-0.15, -0.1) is 0 Å². The van der Waals surface area contributed by atoms with Crippen molar-refractivity contribution in [3.8, 4) is 5.75 Å². The van der Waals surface area contributed by atoms with E-state index in [1.165, 1.54) is 6.42 Å². The van der Waals surface area contributed by atoms with E-state index in [2.05, 4.69) is 10.6 Å². The van der Waals surface area contributed by atoms with E-state index in [9.17, 15) is 9.59 Å². The van der Waals surface area contributed by atoms with Crippen molar-refractivity contribution in [3.05, 3.63) is 29.8 Å². The van der Waals surface area contributed by atoms with Crippen molar-refractivity contribution in [3.63, 3.8) is 0 Å². The van der Waals surface area contributed by atoms with Crippen LogP contribution in [0.4, 0.5) is 4.79 Å². The number of ether oxygens (including phenoxy) is 2. The van der Waals surface area contributed by atoms with Gasteiger partial charge in [0.2, 0.25) is 0 Å². The molecule has 7 nitrogen and oxygen atoms in total. The average molecular weight is 415 g/mol.